The van der Waals surface area contributed by atoms with Crippen molar-refractivity contribution >= 4 is 33.8 Å². The third kappa shape index (κ3) is 2.34. The van der Waals surface area contributed by atoms with E-state index in [1.54, 1.807) is 6.07 Å². The molecular weight excluding hydrogens is 244 g/mol. The second kappa shape index (κ2) is 4.54. The van der Waals surface area contributed by atoms with Crippen LogP contribution < -0.4 is 5.73 Å². The Balaban J connectivity index is 2.21. The largest absolute Gasteiger partial charge is 0.398 e. The lowest BCUT2D eigenvalue weighted by Crippen LogP contribution is -1.85. The Morgan fingerprint density at radius 2 is 2.00 bits per heavy atom. The van der Waals surface area contributed by atoms with Gasteiger partial charge in [-0.1, -0.05) is 35.2 Å². The Morgan fingerprint density at radius 1 is 1.25 bits per heavy atom. The zero-order valence-electron chi connectivity index (χ0n) is 8.12. The Bertz CT molecular complexity index is 525. The first kappa shape index (κ1) is 11.0. The van der Waals surface area contributed by atoms with Crippen molar-refractivity contribution in [1.82, 2.24) is 0 Å². The summed E-state index contributed by atoms with van der Waals surface area (Å²) < 4.78 is 0.865. The van der Waals surface area contributed by atoms with Gasteiger partial charge in [-0.05, 0) is 18.2 Å². The van der Waals surface area contributed by atoms with E-state index in [2.05, 4.69) is 0 Å². The molecule has 0 amide bonds. The average molecular weight is 252 g/mol. The molecule has 0 saturated heterocycles. The molecule has 0 aliphatic carbocycles. The summed E-state index contributed by atoms with van der Waals surface area (Å²) in [5, 5.41) is 10.7. The quantitative estimate of drug-likeness (QED) is 0.516. The fourth-order valence-electron chi connectivity index (χ4n) is 1.15. The normalized spacial score (nSPS) is 10.2. The second-order valence-electron chi connectivity index (χ2n) is 2.99. The van der Waals surface area contributed by atoms with Crippen molar-refractivity contribution in [3.05, 3.63) is 46.5 Å². The molecule has 16 heavy (non-hydrogen) atoms. The number of nitrogens with zero attached hydrogens (tertiary/aromatic N) is 1. The Hall–Kier alpha value is -1.53. The van der Waals surface area contributed by atoms with Crippen LogP contribution in [0.3, 0.4) is 0 Å². The van der Waals surface area contributed by atoms with E-state index in [0.29, 0.717) is 5.69 Å². The molecular formula is C10H8N2O2S2. The highest BCUT2D eigenvalue weighted by atomic mass is 32.2. The summed E-state index contributed by atoms with van der Waals surface area (Å²) in [6.07, 6.45) is 0. The van der Waals surface area contributed by atoms with Crippen LogP contribution in [0.5, 0.6) is 0 Å². The molecule has 4 nitrogen and oxygen atoms in total. The molecule has 82 valence electrons. The van der Waals surface area contributed by atoms with Crippen molar-refractivity contribution in [1.29, 1.82) is 0 Å². The molecule has 1 aromatic carbocycles. The predicted octanol–water partition coefficient (Wildman–Crippen LogP) is 3.39. The molecule has 0 atom stereocenters. The number of para-hydroxylation sites is 1. The molecule has 0 aliphatic rings. The van der Waals surface area contributed by atoms with E-state index in [1.165, 1.54) is 17.8 Å². The third-order valence-corrected chi connectivity index (χ3v) is 4.14. The van der Waals surface area contributed by atoms with Crippen LogP contribution >= 0.6 is 23.1 Å². The van der Waals surface area contributed by atoms with E-state index in [1.807, 2.05) is 24.3 Å². The first-order chi connectivity index (χ1) is 7.66. The molecule has 2 N–H and O–H groups in total. The summed E-state index contributed by atoms with van der Waals surface area (Å²) in [6.45, 7) is 0. The van der Waals surface area contributed by atoms with Crippen LogP contribution in [-0.2, 0) is 0 Å². The molecule has 6 heteroatoms. The van der Waals surface area contributed by atoms with Gasteiger partial charge in [-0.25, -0.2) is 0 Å². The fraction of sp³-hybridized carbons (Fsp3) is 0. The summed E-state index contributed by atoms with van der Waals surface area (Å²) in [5.41, 5.74) is 6.47. The highest BCUT2D eigenvalue weighted by molar-refractivity contribution is 8.01. The molecule has 0 spiro atoms. The summed E-state index contributed by atoms with van der Waals surface area (Å²) >= 11 is 2.59. The van der Waals surface area contributed by atoms with Gasteiger partial charge in [-0.3, -0.25) is 10.1 Å². The average Bonchev–Trinajstić information content (AvgIpc) is 2.70. The number of nitrogens with two attached hydrogens (primary N) is 1. The van der Waals surface area contributed by atoms with Crippen LogP contribution in [0.15, 0.2) is 45.5 Å². The van der Waals surface area contributed by atoms with Crippen LogP contribution in [0.4, 0.5) is 10.7 Å². The third-order valence-electron chi connectivity index (χ3n) is 1.88. The van der Waals surface area contributed by atoms with Crippen molar-refractivity contribution in [3.63, 3.8) is 0 Å². The van der Waals surface area contributed by atoms with Gasteiger partial charge in [-0.15, -0.1) is 0 Å². The van der Waals surface area contributed by atoms with Gasteiger partial charge in [0.15, 0.2) is 0 Å². The van der Waals surface area contributed by atoms with Crippen molar-refractivity contribution in [3.8, 4) is 0 Å². The highest BCUT2D eigenvalue weighted by Crippen LogP contribution is 2.38. The molecule has 2 rings (SSSR count). The van der Waals surface area contributed by atoms with E-state index in [4.69, 9.17) is 5.73 Å². The maximum Gasteiger partial charge on any atom is 0.325 e. The Kier molecular flexibility index (Phi) is 3.12. The van der Waals surface area contributed by atoms with Gasteiger partial charge in [0.05, 0.1) is 9.13 Å². The molecule has 0 saturated carbocycles. The number of hydrogen-bond donors (Lipinski definition) is 1. The van der Waals surface area contributed by atoms with E-state index in [9.17, 15) is 10.1 Å². The summed E-state index contributed by atoms with van der Waals surface area (Å²) in [6, 6.07) is 10.7. The summed E-state index contributed by atoms with van der Waals surface area (Å²) in [4.78, 5) is 11.0. The molecule has 0 unspecified atom stereocenters. The molecule has 1 aromatic heterocycles. The van der Waals surface area contributed by atoms with E-state index in [-0.39, 0.29) is 9.92 Å². The van der Waals surface area contributed by atoms with E-state index < -0.39 is 0 Å². The van der Waals surface area contributed by atoms with Crippen LogP contribution in [0.2, 0.25) is 0 Å². The van der Waals surface area contributed by atoms with Gasteiger partial charge in [-0.2, -0.15) is 0 Å². The van der Waals surface area contributed by atoms with Crippen LogP contribution in [0.25, 0.3) is 0 Å². The van der Waals surface area contributed by atoms with Crippen molar-refractivity contribution < 1.29 is 4.92 Å². The second-order valence-corrected chi connectivity index (χ2v) is 5.39. The Labute approximate surface area is 100 Å². The molecule has 0 radical (unpaired) electrons. The lowest BCUT2D eigenvalue weighted by molar-refractivity contribution is -0.380. The van der Waals surface area contributed by atoms with Crippen molar-refractivity contribution in [2.75, 3.05) is 5.73 Å². The maximum atomic E-state index is 10.5. The lowest BCUT2D eigenvalue weighted by atomic mass is 10.3. The van der Waals surface area contributed by atoms with Gasteiger partial charge < -0.3 is 5.73 Å². The minimum absolute atomic E-state index is 0.150. The fourth-order valence-corrected chi connectivity index (χ4v) is 3.08. The number of rotatable bonds is 3. The van der Waals surface area contributed by atoms with Gasteiger partial charge in [0, 0.05) is 16.6 Å². The highest BCUT2D eigenvalue weighted by Gasteiger charge is 2.11. The lowest BCUT2D eigenvalue weighted by Gasteiger charge is -2.01. The molecule has 1 heterocycles. The zero-order valence-corrected chi connectivity index (χ0v) is 9.75. The monoisotopic (exact) mass is 252 g/mol. The predicted molar refractivity (Wildman–Crippen MR) is 66.0 cm³/mol. The van der Waals surface area contributed by atoms with Gasteiger partial charge in [0.25, 0.3) is 0 Å². The van der Waals surface area contributed by atoms with Crippen LogP contribution in [-0.4, -0.2) is 4.92 Å². The van der Waals surface area contributed by atoms with Crippen molar-refractivity contribution in [2.45, 2.75) is 9.10 Å². The first-order valence-corrected chi connectivity index (χ1v) is 6.06. The van der Waals surface area contributed by atoms with Gasteiger partial charge >= 0.3 is 5.00 Å². The van der Waals surface area contributed by atoms with Crippen LogP contribution in [0.1, 0.15) is 0 Å². The van der Waals surface area contributed by atoms with Gasteiger partial charge in [0.2, 0.25) is 0 Å². The van der Waals surface area contributed by atoms with Gasteiger partial charge in [0.1, 0.15) is 0 Å². The summed E-state index contributed by atoms with van der Waals surface area (Å²) in [5.74, 6) is 0. The minimum Gasteiger partial charge on any atom is -0.398 e. The molecule has 0 bridgehead atoms. The minimum atomic E-state index is -0.386. The van der Waals surface area contributed by atoms with E-state index >= 15 is 0 Å². The first-order valence-electron chi connectivity index (χ1n) is 4.43. The maximum absolute atomic E-state index is 10.5. The zero-order chi connectivity index (χ0) is 11.5. The van der Waals surface area contributed by atoms with Crippen LogP contribution in [0, 0.1) is 10.1 Å². The number of anilines is 1. The molecule has 0 fully saturated rings. The SMILES string of the molecule is Nc1ccccc1Sc1ccc([N+](=O)[O-])s1. The number of nitrogen functional groups attached to an aromatic ring is 1. The summed E-state index contributed by atoms with van der Waals surface area (Å²) in [7, 11) is 0. The van der Waals surface area contributed by atoms with E-state index in [0.717, 1.165) is 20.4 Å². The standard InChI is InChI=1S/C10H8N2O2S2/c11-7-3-1-2-4-8(7)15-10-6-5-9(16-10)12(13)14/h1-6H,11H2. The van der Waals surface area contributed by atoms with Crippen molar-refractivity contribution in [2.24, 2.45) is 0 Å². The topological polar surface area (TPSA) is 69.2 Å². The number of hydrogen-bond acceptors (Lipinski definition) is 5. The molecule has 0 aliphatic heterocycles. The Morgan fingerprint density at radius 3 is 2.62 bits per heavy atom. The number of thiophene rings is 1. The number of benzene rings is 1. The number of nitro groups is 1. The smallest absolute Gasteiger partial charge is 0.325 e. The molecule has 2 aromatic rings.